The van der Waals surface area contributed by atoms with Crippen LogP contribution in [0.4, 0.5) is 0 Å². The van der Waals surface area contributed by atoms with Crippen molar-refractivity contribution in [1.29, 1.82) is 0 Å². The second kappa shape index (κ2) is 5.77. The van der Waals surface area contributed by atoms with E-state index in [-0.39, 0.29) is 11.9 Å². The average molecular weight is 170 g/mol. The number of hydrogen-bond donors (Lipinski definition) is 2. The molecule has 0 radical (unpaired) electrons. The molecule has 0 fully saturated rings. The highest BCUT2D eigenvalue weighted by atomic mass is 16.1. The summed E-state index contributed by atoms with van der Waals surface area (Å²) < 4.78 is 0. The van der Waals surface area contributed by atoms with Crippen LogP contribution < -0.4 is 11.1 Å². The van der Waals surface area contributed by atoms with Crippen molar-refractivity contribution in [1.82, 2.24) is 5.32 Å². The van der Waals surface area contributed by atoms with Gasteiger partial charge in [0.2, 0.25) is 5.91 Å². The molecule has 0 aromatic heterocycles. The summed E-state index contributed by atoms with van der Waals surface area (Å²) in [6.45, 7) is 6.17. The third-order valence-corrected chi connectivity index (χ3v) is 1.60. The number of amides is 1. The first kappa shape index (κ1) is 11.2. The third kappa shape index (κ3) is 4.13. The monoisotopic (exact) mass is 170 g/mol. The Kier molecular flexibility index (Phi) is 5.37. The number of nitrogens with two attached hydrogens (primary N) is 1. The lowest BCUT2D eigenvalue weighted by atomic mass is 10.2. The van der Waals surface area contributed by atoms with Crippen molar-refractivity contribution in [2.45, 2.75) is 33.2 Å². The van der Waals surface area contributed by atoms with Crippen LogP contribution in [0.2, 0.25) is 0 Å². The Hall–Kier alpha value is -0.830. The molecule has 0 rings (SSSR count). The highest BCUT2D eigenvalue weighted by molar-refractivity contribution is 5.92. The number of carbonyl (C=O) groups is 1. The van der Waals surface area contributed by atoms with Gasteiger partial charge in [0.25, 0.3) is 0 Å². The van der Waals surface area contributed by atoms with Crippen molar-refractivity contribution in [2.75, 3.05) is 6.54 Å². The first-order chi connectivity index (χ1) is 5.61. The van der Waals surface area contributed by atoms with Gasteiger partial charge in [0, 0.05) is 18.2 Å². The van der Waals surface area contributed by atoms with Gasteiger partial charge >= 0.3 is 0 Å². The Morgan fingerprint density at radius 2 is 2.25 bits per heavy atom. The van der Waals surface area contributed by atoms with E-state index in [9.17, 15) is 4.79 Å². The van der Waals surface area contributed by atoms with Crippen LogP contribution >= 0.6 is 0 Å². The van der Waals surface area contributed by atoms with Gasteiger partial charge in [0.15, 0.2) is 0 Å². The molecule has 3 heteroatoms. The Labute approximate surface area is 74.0 Å². The molecule has 0 saturated heterocycles. The van der Waals surface area contributed by atoms with Crippen molar-refractivity contribution in [3.8, 4) is 0 Å². The Morgan fingerprint density at radius 3 is 2.67 bits per heavy atom. The summed E-state index contributed by atoms with van der Waals surface area (Å²) in [6.07, 6.45) is 2.79. The number of rotatable bonds is 4. The summed E-state index contributed by atoms with van der Waals surface area (Å²) in [5.74, 6) is -0.0187. The molecular weight excluding hydrogens is 152 g/mol. The van der Waals surface area contributed by atoms with Gasteiger partial charge in [-0.1, -0.05) is 13.0 Å². The lowest BCUT2D eigenvalue weighted by Gasteiger charge is -2.10. The zero-order valence-electron chi connectivity index (χ0n) is 8.05. The van der Waals surface area contributed by atoms with Crippen LogP contribution in [-0.2, 0) is 4.79 Å². The molecule has 0 saturated carbocycles. The highest BCUT2D eigenvalue weighted by Gasteiger charge is 2.05. The number of carbonyl (C=O) groups excluding carboxylic acids is 1. The molecule has 0 aliphatic heterocycles. The van der Waals surface area contributed by atoms with Crippen LogP contribution in [0.5, 0.6) is 0 Å². The van der Waals surface area contributed by atoms with E-state index in [1.54, 1.807) is 0 Å². The minimum atomic E-state index is -0.0187. The molecule has 1 unspecified atom stereocenters. The fourth-order valence-corrected chi connectivity index (χ4v) is 0.795. The van der Waals surface area contributed by atoms with Gasteiger partial charge in [-0.15, -0.1) is 0 Å². The van der Waals surface area contributed by atoms with E-state index in [1.165, 1.54) is 0 Å². The lowest BCUT2D eigenvalue weighted by Crippen LogP contribution is -2.38. The lowest BCUT2D eigenvalue weighted by molar-refractivity contribution is -0.118. The number of hydrogen-bond acceptors (Lipinski definition) is 2. The van der Waals surface area contributed by atoms with Gasteiger partial charge in [-0.2, -0.15) is 0 Å². The highest BCUT2D eigenvalue weighted by Crippen LogP contribution is 1.95. The smallest absolute Gasteiger partial charge is 0.246 e. The standard InChI is InChI=1S/C9H18N2O/c1-4-5-7(2)9(12)11-8(3)6-10/h5,8H,4,6,10H2,1-3H3,(H,11,12). The molecule has 70 valence electrons. The SMILES string of the molecule is CCC=C(C)C(=O)NC(C)CN. The second-order valence-corrected chi connectivity index (χ2v) is 2.91. The van der Waals surface area contributed by atoms with Gasteiger partial charge in [0.05, 0.1) is 0 Å². The number of nitrogens with one attached hydrogen (secondary N) is 1. The summed E-state index contributed by atoms with van der Waals surface area (Å²) in [5, 5.41) is 2.78. The maximum atomic E-state index is 11.3. The van der Waals surface area contributed by atoms with Crippen molar-refractivity contribution in [3.05, 3.63) is 11.6 Å². The van der Waals surface area contributed by atoms with Crippen LogP contribution in [-0.4, -0.2) is 18.5 Å². The average Bonchev–Trinajstić information content (AvgIpc) is 2.04. The molecule has 1 amide bonds. The Balaban J connectivity index is 3.95. The molecule has 0 aromatic rings. The second-order valence-electron chi connectivity index (χ2n) is 2.91. The normalized spacial score (nSPS) is 14.2. The van der Waals surface area contributed by atoms with E-state index in [0.717, 1.165) is 12.0 Å². The summed E-state index contributed by atoms with van der Waals surface area (Å²) >= 11 is 0. The molecule has 0 aliphatic carbocycles. The molecule has 0 aromatic carbocycles. The molecule has 0 spiro atoms. The fourth-order valence-electron chi connectivity index (χ4n) is 0.795. The van der Waals surface area contributed by atoms with Crippen molar-refractivity contribution in [3.63, 3.8) is 0 Å². The van der Waals surface area contributed by atoms with Gasteiger partial charge in [-0.25, -0.2) is 0 Å². The van der Waals surface area contributed by atoms with Crippen LogP contribution in [0, 0.1) is 0 Å². The fraction of sp³-hybridized carbons (Fsp3) is 0.667. The van der Waals surface area contributed by atoms with E-state index >= 15 is 0 Å². The third-order valence-electron chi connectivity index (χ3n) is 1.60. The molecule has 3 nitrogen and oxygen atoms in total. The maximum absolute atomic E-state index is 11.3. The summed E-state index contributed by atoms with van der Waals surface area (Å²) in [5.41, 5.74) is 6.12. The largest absolute Gasteiger partial charge is 0.349 e. The van der Waals surface area contributed by atoms with Crippen molar-refractivity contribution < 1.29 is 4.79 Å². The van der Waals surface area contributed by atoms with Gasteiger partial charge < -0.3 is 11.1 Å². The van der Waals surface area contributed by atoms with E-state index in [2.05, 4.69) is 5.32 Å². The summed E-state index contributed by atoms with van der Waals surface area (Å²) in [6, 6.07) is 0.0534. The summed E-state index contributed by atoms with van der Waals surface area (Å²) in [4.78, 5) is 11.3. The van der Waals surface area contributed by atoms with Gasteiger partial charge in [0.1, 0.15) is 0 Å². The van der Waals surface area contributed by atoms with Crippen LogP contribution in [0.1, 0.15) is 27.2 Å². The van der Waals surface area contributed by atoms with Crippen LogP contribution in [0.15, 0.2) is 11.6 Å². The molecule has 12 heavy (non-hydrogen) atoms. The molecule has 1 atom stereocenters. The van der Waals surface area contributed by atoms with E-state index in [1.807, 2.05) is 26.8 Å². The topological polar surface area (TPSA) is 55.1 Å². The van der Waals surface area contributed by atoms with Gasteiger partial charge in [-0.3, -0.25) is 4.79 Å². The first-order valence-electron chi connectivity index (χ1n) is 4.29. The van der Waals surface area contributed by atoms with Crippen LogP contribution in [0.3, 0.4) is 0 Å². The first-order valence-corrected chi connectivity index (χ1v) is 4.29. The molecule has 0 aliphatic rings. The Morgan fingerprint density at radius 1 is 1.67 bits per heavy atom. The zero-order chi connectivity index (χ0) is 9.56. The van der Waals surface area contributed by atoms with Crippen molar-refractivity contribution >= 4 is 5.91 Å². The van der Waals surface area contributed by atoms with Crippen LogP contribution in [0.25, 0.3) is 0 Å². The number of allylic oxidation sites excluding steroid dienone is 1. The minimum absolute atomic E-state index is 0.0187. The van der Waals surface area contributed by atoms with Gasteiger partial charge in [-0.05, 0) is 20.3 Å². The Bertz CT molecular complexity index is 175. The van der Waals surface area contributed by atoms with E-state index < -0.39 is 0 Å². The maximum Gasteiger partial charge on any atom is 0.246 e. The molecule has 0 bridgehead atoms. The minimum Gasteiger partial charge on any atom is -0.349 e. The quantitative estimate of drug-likeness (QED) is 0.613. The summed E-state index contributed by atoms with van der Waals surface area (Å²) in [7, 11) is 0. The van der Waals surface area contributed by atoms with Crippen molar-refractivity contribution in [2.24, 2.45) is 5.73 Å². The zero-order valence-corrected chi connectivity index (χ0v) is 8.05. The van der Waals surface area contributed by atoms with E-state index in [0.29, 0.717) is 6.54 Å². The molecular formula is C9H18N2O. The predicted octanol–water partition coefficient (Wildman–Crippen LogP) is 0.806. The molecule has 3 N–H and O–H groups in total. The molecule has 0 heterocycles. The van der Waals surface area contributed by atoms with E-state index in [4.69, 9.17) is 5.73 Å². The predicted molar refractivity (Wildman–Crippen MR) is 50.7 cm³/mol.